The maximum absolute atomic E-state index is 11.1. The second kappa shape index (κ2) is 6.24. The molecule has 0 unspecified atom stereocenters. The van der Waals surface area contributed by atoms with Gasteiger partial charge < -0.3 is 16.0 Å². The number of hydrogen-bond donors (Lipinski definition) is 3. The topological polar surface area (TPSA) is 53.2 Å². The van der Waals surface area contributed by atoms with Crippen molar-refractivity contribution in [1.29, 1.82) is 0 Å². The van der Waals surface area contributed by atoms with Gasteiger partial charge in [0, 0.05) is 34.7 Å². The minimum absolute atomic E-state index is 0.213. The molecule has 0 bridgehead atoms. The molecule has 2 aromatic rings. The van der Waals surface area contributed by atoms with Crippen molar-refractivity contribution in [3.63, 3.8) is 0 Å². The summed E-state index contributed by atoms with van der Waals surface area (Å²) in [6.07, 6.45) is 0. The fraction of sp³-hybridized carbons (Fsp3) is 0.214. The monoisotopic (exact) mass is 275 g/mol. The molecule has 1 aromatic heterocycles. The van der Waals surface area contributed by atoms with Crippen LogP contribution >= 0.6 is 11.3 Å². The minimum atomic E-state index is -0.213. The molecule has 0 fully saturated rings. The Bertz CT molecular complexity index is 548. The highest BCUT2D eigenvalue weighted by molar-refractivity contribution is 7.11. The Hall–Kier alpha value is -2.01. The lowest BCUT2D eigenvalue weighted by Crippen LogP contribution is -2.24. The van der Waals surface area contributed by atoms with E-state index in [9.17, 15) is 4.79 Å². The number of aryl methyl sites for hydroxylation is 1. The first-order chi connectivity index (χ1) is 9.17. The SMILES string of the molecule is CNC(=O)Nc1ccc(NCc2ccc(C)s2)cc1. The van der Waals surface area contributed by atoms with E-state index in [2.05, 4.69) is 35.0 Å². The van der Waals surface area contributed by atoms with Gasteiger partial charge in [-0.25, -0.2) is 4.79 Å². The first-order valence-corrected chi connectivity index (χ1v) is 6.87. The smallest absolute Gasteiger partial charge is 0.318 e. The van der Waals surface area contributed by atoms with Gasteiger partial charge in [0.25, 0.3) is 0 Å². The summed E-state index contributed by atoms with van der Waals surface area (Å²) < 4.78 is 0. The van der Waals surface area contributed by atoms with Crippen LogP contribution in [0.25, 0.3) is 0 Å². The maximum atomic E-state index is 11.1. The van der Waals surface area contributed by atoms with Gasteiger partial charge in [0.15, 0.2) is 0 Å². The first-order valence-electron chi connectivity index (χ1n) is 6.05. The van der Waals surface area contributed by atoms with Gasteiger partial charge in [0.05, 0.1) is 0 Å². The second-order valence-corrected chi connectivity index (χ2v) is 5.52. The van der Waals surface area contributed by atoms with Gasteiger partial charge in [-0.05, 0) is 43.3 Å². The Morgan fingerprint density at radius 1 is 1.11 bits per heavy atom. The van der Waals surface area contributed by atoms with E-state index in [1.54, 1.807) is 18.4 Å². The molecule has 0 aliphatic rings. The quantitative estimate of drug-likeness (QED) is 0.801. The molecule has 4 nitrogen and oxygen atoms in total. The van der Waals surface area contributed by atoms with E-state index in [1.165, 1.54) is 9.75 Å². The standard InChI is InChI=1S/C14H17N3OS/c1-10-3-8-13(19-10)9-16-11-4-6-12(7-5-11)17-14(18)15-2/h3-8,16H,9H2,1-2H3,(H2,15,17,18). The predicted octanol–water partition coefficient (Wildman–Crippen LogP) is 3.42. The molecule has 3 N–H and O–H groups in total. The van der Waals surface area contributed by atoms with Crippen LogP contribution < -0.4 is 16.0 Å². The number of benzene rings is 1. The average Bonchev–Trinajstić information content (AvgIpc) is 2.83. The highest BCUT2D eigenvalue weighted by atomic mass is 32.1. The zero-order valence-corrected chi connectivity index (χ0v) is 11.8. The lowest BCUT2D eigenvalue weighted by atomic mass is 10.2. The number of carbonyl (C=O) groups is 1. The van der Waals surface area contributed by atoms with Crippen LogP contribution in [0.4, 0.5) is 16.2 Å². The van der Waals surface area contributed by atoms with Gasteiger partial charge in [0.2, 0.25) is 0 Å². The van der Waals surface area contributed by atoms with Crippen LogP contribution in [0, 0.1) is 6.92 Å². The summed E-state index contributed by atoms with van der Waals surface area (Å²) in [4.78, 5) is 13.8. The summed E-state index contributed by atoms with van der Waals surface area (Å²) in [5.74, 6) is 0. The van der Waals surface area contributed by atoms with E-state index >= 15 is 0 Å². The number of thiophene rings is 1. The van der Waals surface area contributed by atoms with Crippen LogP contribution in [0.2, 0.25) is 0 Å². The molecule has 0 spiro atoms. The zero-order chi connectivity index (χ0) is 13.7. The van der Waals surface area contributed by atoms with Crippen molar-refractivity contribution in [1.82, 2.24) is 5.32 Å². The van der Waals surface area contributed by atoms with Crippen LogP contribution in [0.1, 0.15) is 9.75 Å². The predicted molar refractivity (Wildman–Crippen MR) is 80.9 cm³/mol. The molecule has 1 heterocycles. The van der Waals surface area contributed by atoms with E-state index < -0.39 is 0 Å². The Morgan fingerprint density at radius 3 is 2.37 bits per heavy atom. The highest BCUT2D eigenvalue weighted by Crippen LogP contribution is 2.18. The van der Waals surface area contributed by atoms with Gasteiger partial charge in [-0.1, -0.05) is 0 Å². The van der Waals surface area contributed by atoms with E-state index in [1.807, 2.05) is 24.3 Å². The van der Waals surface area contributed by atoms with Crippen molar-refractivity contribution in [3.8, 4) is 0 Å². The minimum Gasteiger partial charge on any atom is -0.380 e. The summed E-state index contributed by atoms with van der Waals surface area (Å²) in [7, 11) is 1.59. The van der Waals surface area contributed by atoms with Crippen molar-refractivity contribution in [2.75, 3.05) is 17.7 Å². The number of hydrogen-bond acceptors (Lipinski definition) is 3. The fourth-order valence-corrected chi connectivity index (χ4v) is 2.46. The van der Waals surface area contributed by atoms with Crippen LogP contribution in [0.3, 0.4) is 0 Å². The van der Waals surface area contributed by atoms with Crippen LogP contribution in [-0.2, 0) is 6.54 Å². The van der Waals surface area contributed by atoms with Gasteiger partial charge in [-0.15, -0.1) is 11.3 Å². The van der Waals surface area contributed by atoms with Gasteiger partial charge in [-0.3, -0.25) is 0 Å². The molecule has 100 valence electrons. The molecule has 0 aliphatic heterocycles. The average molecular weight is 275 g/mol. The van der Waals surface area contributed by atoms with Gasteiger partial charge >= 0.3 is 6.03 Å². The molecule has 0 saturated carbocycles. The Morgan fingerprint density at radius 2 is 1.79 bits per heavy atom. The Balaban J connectivity index is 1.89. The number of anilines is 2. The molecule has 2 rings (SSSR count). The largest absolute Gasteiger partial charge is 0.380 e. The van der Waals surface area contributed by atoms with Crippen LogP contribution in [0.5, 0.6) is 0 Å². The highest BCUT2D eigenvalue weighted by Gasteiger charge is 2.00. The van der Waals surface area contributed by atoms with E-state index in [4.69, 9.17) is 0 Å². The molecular formula is C14H17N3OS. The second-order valence-electron chi connectivity index (χ2n) is 4.15. The van der Waals surface area contributed by atoms with Crippen molar-refractivity contribution in [2.45, 2.75) is 13.5 Å². The molecule has 0 atom stereocenters. The lowest BCUT2D eigenvalue weighted by Gasteiger charge is -2.07. The first kappa shape index (κ1) is 13.4. The van der Waals surface area contributed by atoms with E-state index in [0.717, 1.165) is 17.9 Å². The van der Waals surface area contributed by atoms with Crippen molar-refractivity contribution >= 4 is 28.7 Å². The van der Waals surface area contributed by atoms with E-state index in [-0.39, 0.29) is 6.03 Å². The normalized spacial score (nSPS) is 10.0. The molecule has 5 heteroatoms. The summed E-state index contributed by atoms with van der Waals surface area (Å²) in [6.45, 7) is 2.92. The van der Waals surface area contributed by atoms with Gasteiger partial charge in [0.1, 0.15) is 0 Å². The molecule has 0 aliphatic carbocycles. The van der Waals surface area contributed by atoms with Crippen LogP contribution in [0.15, 0.2) is 36.4 Å². The molecule has 19 heavy (non-hydrogen) atoms. The maximum Gasteiger partial charge on any atom is 0.318 e. The lowest BCUT2D eigenvalue weighted by molar-refractivity contribution is 0.254. The molecule has 0 saturated heterocycles. The summed E-state index contributed by atoms with van der Waals surface area (Å²) >= 11 is 1.79. The number of nitrogens with one attached hydrogen (secondary N) is 3. The van der Waals surface area contributed by atoms with Crippen molar-refractivity contribution in [2.24, 2.45) is 0 Å². The number of urea groups is 1. The molecule has 2 amide bonds. The molecule has 0 radical (unpaired) electrons. The summed E-state index contributed by atoms with van der Waals surface area (Å²) in [5, 5.41) is 8.58. The summed E-state index contributed by atoms with van der Waals surface area (Å²) in [6, 6.07) is 11.7. The third-order valence-corrected chi connectivity index (χ3v) is 3.63. The Kier molecular flexibility index (Phi) is 4.41. The number of carbonyl (C=O) groups excluding carboxylic acids is 1. The van der Waals surface area contributed by atoms with Gasteiger partial charge in [-0.2, -0.15) is 0 Å². The van der Waals surface area contributed by atoms with E-state index in [0.29, 0.717) is 0 Å². The number of amides is 2. The molecular weight excluding hydrogens is 258 g/mol. The molecule has 1 aromatic carbocycles. The fourth-order valence-electron chi connectivity index (χ4n) is 1.63. The zero-order valence-electron chi connectivity index (χ0n) is 11.0. The van der Waals surface area contributed by atoms with Crippen molar-refractivity contribution in [3.05, 3.63) is 46.2 Å². The van der Waals surface area contributed by atoms with Crippen LogP contribution in [-0.4, -0.2) is 13.1 Å². The number of rotatable bonds is 4. The third kappa shape index (κ3) is 3.99. The third-order valence-electron chi connectivity index (χ3n) is 2.63. The summed E-state index contributed by atoms with van der Waals surface area (Å²) in [5.41, 5.74) is 1.81. The van der Waals surface area contributed by atoms with Crippen molar-refractivity contribution < 1.29 is 4.79 Å². The Labute approximate surface area is 116 Å².